The number of aryl methyl sites for hydroxylation is 1. The van der Waals surface area contributed by atoms with Crippen molar-refractivity contribution in [3.05, 3.63) is 88.0 Å². The van der Waals surface area contributed by atoms with Crippen LogP contribution in [-0.2, 0) is 13.1 Å². The molecular weight excluding hydrogens is 403 g/mol. The van der Waals surface area contributed by atoms with E-state index < -0.39 is 0 Å². The average Bonchev–Trinajstić information content (AvgIpc) is 3.03. The van der Waals surface area contributed by atoms with Gasteiger partial charge in [-0.05, 0) is 30.2 Å². The second-order valence-corrected chi connectivity index (χ2v) is 7.95. The van der Waals surface area contributed by atoms with Crippen molar-refractivity contribution in [1.29, 1.82) is 0 Å². The molecule has 2 heterocycles. The lowest BCUT2D eigenvalue weighted by Crippen LogP contribution is -2.48. The van der Waals surface area contributed by atoms with E-state index in [2.05, 4.69) is 22.1 Å². The molecule has 4 rings (SSSR count). The number of benzene rings is 2. The summed E-state index contributed by atoms with van der Waals surface area (Å²) in [4.78, 5) is 17.3. The molecule has 1 aliphatic rings. The van der Waals surface area contributed by atoms with E-state index in [9.17, 15) is 9.18 Å². The summed E-state index contributed by atoms with van der Waals surface area (Å²) in [5.41, 5.74) is 3.21. The van der Waals surface area contributed by atoms with Gasteiger partial charge in [0.15, 0.2) is 0 Å². The molecule has 30 heavy (non-hydrogen) atoms. The fraction of sp³-hybridized carbons (Fsp3) is 0.304. The lowest BCUT2D eigenvalue weighted by molar-refractivity contribution is 0.0628. The maximum atomic E-state index is 13.1. The monoisotopic (exact) mass is 426 g/mol. The van der Waals surface area contributed by atoms with Gasteiger partial charge in [-0.15, -0.1) is 0 Å². The number of piperazine rings is 1. The maximum absolute atomic E-state index is 13.1. The predicted octanol–water partition coefficient (Wildman–Crippen LogP) is 3.99. The van der Waals surface area contributed by atoms with Crippen LogP contribution in [0.2, 0.25) is 5.15 Å². The zero-order valence-corrected chi connectivity index (χ0v) is 17.6. The van der Waals surface area contributed by atoms with Crippen molar-refractivity contribution < 1.29 is 9.18 Å². The van der Waals surface area contributed by atoms with Crippen LogP contribution in [0.25, 0.3) is 0 Å². The number of carbonyl (C=O) groups is 1. The molecule has 0 radical (unpaired) electrons. The van der Waals surface area contributed by atoms with Crippen LogP contribution in [0.4, 0.5) is 4.39 Å². The highest BCUT2D eigenvalue weighted by Gasteiger charge is 2.27. The van der Waals surface area contributed by atoms with Gasteiger partial charge in [0, 0.05) is 32.7 Å². The Morgan fingerprint density at radius 1 is 0.967 bits per heavy atom. The summed E-state index contributed by atoms with van der Waals surface area (Å²) in [7, 11) is 0. The molecule has 156 valence electrons. The van der Waals surface area contributed by atoms with Gasteiger partial charge in [-0.3, -0.25) is 9.69 Å². The first-order chi connectivity index (χ1) is 14.5. The lowest BCUT2D eigenvalue weighted by Gasteiger charge is -2.34. The lowest BCUT2D eigenvalue weighted by atomic mass is 10.1. The van der Waals surface area contributed by atoms with Gasteiger partial charge in [0.25, 0.3) is 5.91 Å². The van der Waals surface area contributed by atoms with Crippen LogP contribution in [0.3, 0.4) is 0 Å². The van der Waals surface area contributed by atoms with Crippen molar-refractivity contribution in [2.75, 3.05) is 26.2 Å². The van der Waals surface area contributed by atoms with E-state index in [-0.39, 0.29) is 11.7 Å². The Kier molecular flexibility index (Phi) is 6.16. The Morgan fingerprint density at radius 2 is 1.60 bits per heavy atom. The number of halogens is 2. The van der Waals surface area contributed by atoms with Crippen molar-refractivity contribution in [3.8, 4) is 0 Å². The Hall–Kier alpha value is -2.70. The largest absolute Gasteiger partial charge is 0.336 e. The quantitative estimate of drug-likeness (QED) is 0.619. The van der Waals surface area contributed by atoms with Crippen LogP contribution in [0, 0.1) is 12.7 Å². The molecule has 0 spiro atoms. The predicted molar refractivity (Wildman–Crippen MR) is 115 cm³/mol. The molecule has 7 heteroatoms. The highest BCUT2D eigenvalue weighted by atomic mass is 35.5. The Labute approximate surface area is 180 Å². The number of rotatable bonds is 5. The molecular formula is C23H24ClFN4O. The topological polar surface area (TPSA) is 41.4 Å². The first-order valence-corrected chi connectivity index (χ1v) is 10.4. The summed E-state index contributed by atoms with van der Waals surface area (Å²) in [5, 5.41) is 4.77. The standard InChI is InChI=1S/C23H24ClFN4O/c1-17-21(22(24)29(26-17)16-19-7-9-20(25)10-8-19)23(30)28-13-11-27(12-14-28)15-18-5-3-2-4-6-18/h2-10H,11-16H2,1H3. The molecule has 0 N–H and O–H groups in total. The second kappa shape index (κ2) is 8.98. The summed E-state index contributed by atoms with van der Waals surface area (Å²) in [5.74, 6) is -0.369. The Balaban J connectivity index is 1.41. The molecule has 3 aromatic rings. The highest BCUT2D eigenvalue weighted by molar-refractivity contribution is 6.33. The van der Waals surface area contributed by atoms with E-state index in [0.717, 1.165) is 25.2 Å². The first-order valence-electron chi connectivity index (χ1n) is 10.0. The van der Waals surface area contributed by atoms with Crippen LogP contribution in [0.15, 0.2) is 54.6 Å². The van der Waals surface area contributed by atoms with E-state index in [4.69, 9.17) is 11.6 Å². The summed E-state index contributed by atoms with van der Waals surface area (Å²) < 4.78 is 14.7. The van der Waals surface area contributed by atoms with Crippen molar-refractivity contribution in [2.24, 2.45) is 0 Å². The summed E-state index contributed by atoms with van der Waals surface area (Å²) in [6, 6.07) is 16.5. The molecule has 1 amide bonds. The number of hydrogen-bond donors (Lipinski definition) is 0. The molecule has 0 atom stereocenters. The van der Waals surface area contributed by atoms with Crippen LogP contribution >= 0.6 is 11.6 Å². The summed E-state index contributed by atoms with van der Waals surface area (Å²) >= 11 is 6.53. The van der Waals surface area contributed by atoms with E-state index >= 15 is 0 Å². The molecule has 0 saturated carbocycles. The van der Waals surface area contributed by atoms with E-state index in [1.54, 1.807) is 23.7 Å². The number of nitrogens with zero attached hydrogens (tertiary/aromatic N) is 4. The number of amides is 1. The first kappa shape index (κ1) is 20.6. The third-order valence-electron chi connectivity index (χ3n) is 5.43. The van der Waals surface area contributed by atoms with Gasteiger partial charge in [-0.1, -0.05) is 54.1 Å². The van der Waals surface area contributed by atoms with E-state index in [0.29, 0.717) is 36.0 Å². The van der Waals surface area contributed by atoms with Crippen LogP contribution in [-0.4, -0.2) is 51.7 Å². The normalized spacial score (nSPS) is 14.8. The number of aromatic nitrogens is 2. The minimum atomic E-state index is -0.288. The molecule has 0 unspecified atom stereocenters. The molecule has 0 bridgehead atoms. The van der Waals surface area contributed by atoms with Gasteiger partial charge < -0.3 is 4.90 Å². The number of hydrogen-bond acceptors (Lipinski definition) is 3. The fourth-order valence-electron chi connectivity index (χ4n) is 3.77. The third-order valence-corrected chi connectivity index (χ3v) is 5.82. The molecule has 2 aromatic carbocycles. The Morgan fingerprint density at radius 3 is 2.27 bits per heavy atom. The van der Waals surface area contributed by atoms with Crippen LogP contribution < -0.4 is 0 Å². The van der Waals surface area contributed by atoms with Gasteiger partial charge in [0.1, 0.15) is 11.0 Å². The molecule has 5 nitrogen and oxygen atoms in total. The zero-order valence-electron chi connectivity index (χ0n) is 16.9. The summed E-state index contributed by atoms with van der Waals surface area (Å²) in [6.07, 6.45) is 0. The fourth-order valence-corrected chi connectivity index (χ4v) is 4.09. The minimum absolute atomic E-state index is 0.0813. The highest BCUT2D eigenvalue weighted by Crippen LogP contribution is 2.23. The van der Waals surface area contributed by atoms with Gasteiger partial charge in [0.2, 0.25) is 0 Å². The zero-order chi connectivity index (χ0) is 21.1. The van der Waals surface area contributed by atoms with Crippen molar-refractivity contribution in [3.63, 3.8) is 0 Å². The second-order valence-electron chi connectivity index (χ2n) is 7.59. The van der Waals surface area contributed by atoms with Gasteiger partial charge in [-0.2, -0.15) is 5.10 Å². The molecule has 0 aliphatic carbocycles. The van der Waals surface area contributed by atoms with Gasteiger partial charge in [-0.25, -0.2) is 9.07 Å². The van der Waals surface area contributed by atoms with Crippen LogP contribution in [0.1, 0.15) is 27.2 Å². The van der Waals surface area contributed by atoms with Crippen molar-refractivity contribution in [1.82, 2.24) is 19.6 Å². The molecule has 1 aliphatic heterocycles. The van der Waals surface area contributed by atoms with Crippen LogP contribution in [0.5, 0.6) is 0 Å². The minimum Gasteiger partial charge on any atom is -0.336 e. The van der Waals surface area contributed by atoms with E-state index in [1.807, 2.05) is 23.1 Å². The van der Waals surface area contributed by atoms with Crippen molar-refractivity contribution in [2.45, 2.75) is 20.0 Å². The Bertz CT molecular complexity index is 1010. The number of carbonyl (C=O) groups excluding carboxylic acids is 1. The molecule has 1 aromatic heterocycles. The molecule has 1 fully saturated rings. The van der Waals surface area contributed by atoms with Crippen molar-refractivity contribution >= 4 is 17.5 Å². The average molecular weight is 427 g/mol. The molecule has 1 saturated heterocycles. The van der Waals surface area contributed by atoms with Gasteiger partial charge >= 0.3 is 0 Å². The SMILES string of the molecule is Cc1nn(Cc2ccc(F)cc2)c(Cl)c1C(=O)N1CCN(Cc2ccccc2)CC1. The summed E-state index contributed by atoms with van der Waals surface area (Å²) in [6.45, 7) is 6.03. The van der Waals surface area contributed by atoms with Gasteiger partial charge in [0.05, 0.1) is 17.8 Å². The maximum Gasteiger partial charge on any atom is 0.258 e. The smallest absolute Gasteiger partial charge is 0.258 e. The third kappa shape index (κ3) is 4.55. The van der Waals surface area contributed by atoms with E-state index in [1.165, 1.54) is 17.7 Å².